The zero-order valence-electron chi connectivity index (χ0n) is 11.2. The zero-order valence-corrected chi connectivity index (χ0v) is 12.8. The molecule has 1 heterocycles. The lowest BCUT2D eigenvalue weighted by Gasteiger charge is -2.20. The zero-order chi connectivity index (χ0) is 15.0. The fraction of sp³-hybridized carbons (Fsp3) is 0.462. The quantitative estimate of drug-likeness (QED) is 0.622. The summed E-state index contributed by atoms with van der Waals surface area (Å²) in [6.07, 6.45) is 4.01. The first-order valence-corrected chi connectivity index (χ1v) is 8.72. The van der Waals surface area contributed by atoms with Crippen molar-refractivity contribution in [3.05, 3.63) is 28.4 Å². The molecule has 8 heteroatoms. The number of rotatable bonds is 2. The Hall–Kier alpha value is -1.47. The van der Waals surface area contributed by atoms with Gasteiger partial charge in [0.25, 0.3) is 5.52 Å². The molecule has 0 amide bonds. The summed E-state index contributed by atoms with van der Waals surface area (Å²) in [5.74, 6) is 0. The number of aromatic nitrogens is 3. The highest BCUT2D eigenvalue weighted by Crippen LogP contribution is 2.27. The van der Waals surface area contributed by atoms with E-state index < -0.39 is 15.1 Å². The van der Waals surface area contributed by atoms with Crippen molar-refractivity contribution in [3.63, 3.8) is 0 Å². The van der Waals surface area contributed by atoms with E-state index in [9.17, 15) is 13.6 Å². The van der Waals surface area contributed by atoms with Gasteiger partial charge in [-0.15, -0.1) is 0 Å². The fourth-order valence-corrected chi connectivity index (χ4v) is 4.48. The number of hydrogen-bond donors (Lipinski definition) is 0. The topological polar surface area (TPSA) is 86.9 Å². The lowest BCUT2D eigenvalue weighted by Crippen LogP contribution is -2.37. The van der Waals surface area contributed by atoms with E-state index in [0.717, 1.165) is 19.3 Å². The molecule has 1 aromatic carbocycles. The molecule has 1 fully saturated rings. The average Bonchev–Trinajstić information content (AvgIpc) is 2.48. The van der Waals surface area contributed by atoms with E-state index in [1.807, 2.05) is 0 Å². The largest absolute Gasteiger partial charge is 0.594 e. The normalized spacial score (nSPS) is 17.2. The molecular formula is C13H14ClN3O3S. The van der Waals surface area contributed by atoms with E-state index in [4.69, 9.17) is 11.6 Å². The van der Waals surface area contributed by atoms with Gasteiger partial charge < -0.3 is 5.21 Å². The van der Waals surface area contributed by atoms with E-state index in [1.165, 1.54) is 12.1 Å². The Morgan fingerprint density at radius 3 is 2.67 bits per heavy atom. The molecule has 0 radical (unpaired) electrons. The molecule has 1 aliphatic carbocycles. The summed E-state index contributed by atoms with van der Waals surface area (Å²) in [6, 6.07) is 4.50. The molecule has 3 rings (SSSR count). The minimum atomic E-state index is -3.66. The summed E-state index contributed by atoms with van der Waals surface area (Å²) < 4.78 is 25.1. The molecular weight excluding hydrogens is 314 g/mol. The van der Waals surface area contributed by atoms with Crippen molar-refractivity contribution >= 4 is 32.5 Å². The molecule has 1 saturated carbocycles. The Kier molecular flexibility index (Phi) is 3.71. The predicted molar refractivity (Wildman–Crippen MR) is 77.6 cm³/mol. The minimum absolute atomic E-state index is 0.157. The molecule has 0 saturated heterocycles. The van der Waals surface area contributed by atoms with Crippen LogP contribution in [0.15, 0.2) is 23.4 Å². The molecule has 1 aliphatic rings. The van der Waals surface area contributed by atoms with Gasteiger partial charge >= 0.3 is 5.16 Å². The van der Waals surface area contributed by atoms with E-state index in [-0.39, 0.29) is 21.0 Å². The van der Waals surface area contributed by atoms with Gasteiger partial charge in [-0.05, 0) is 29.8 Å². The smallest absolute Gasteiger partial charge is 0.314 e. The van der Waals surface area contributed by atoms with Gasteiger partial charge in [-0.3, -0.25) is 0 Å². The van der Waals surface area contributed by atoms with Gasteiger partial charge in [-0.2, -0.15) is 0 Å². The van der Waals surface area contributed by atoms with Crippen LogP contribution in [0.4, 0.5) is 0 Å². The van der Waals surface area contributed by atoms with Gasteiger partial charge in [0.05, 0.1) is 5.25 Å². The first-order valence-electron chi connectivity index (χ1n) is 6.79. The second kappa shape index (κ2) is 5.38. The molecule has 0 unspecified atom stereocenters. The van der Waals surface area contributed by atoms with Crippen LogP contribution < -0.4 is 4.85 Å². The number of hydrogen-bond acceptors (Lipinski definition) is 5. The van der Waals surface area contributed by atoms with E-state index >= 15 is 0 Å². The number of halogens is 1. The molecule has 0 atom stereocenters. The first-order chi connectivity index (χ1) is 9.98. The lowest BCUT2D eigenvalue weighted by molar-refractivity contribution is -0.647. The van der Waals surface area contributed by atoms with Crippen LogP contribution in [-0.4, -0.2) is 23.8 Å². The van der Waals surface area contributed by atoms with Crippen molar-refractivity contribution in [2.75, 3.05) is 0 Å². The molecule has 6 nitrogen and oxygen atoms in total. The predicted octanol–water partition coefficient (Wildman–Crippen LogP) is 2.02. The van der Waals surface area contributed by atoms with E-state index in [1.54, 1.807) is 6.07 Å². The second-order valence-corrected chi connectivity index (χ2v) is 7.76. The Balaban J connectivity index is 2.10. The lowest BCUT2D eigenvalue weighted by atomic mass is 10.0. The van der Waals surface area contributed by atoms with Crippen LogP contribution in [0.5, 0.6) is 0 Å². The van der Waals surface area contributed by atoms with Gasteiger partial charge in [0.15, 0.2) is 0 Å². The van der Waals surface area contributed by atoms with Crippen molar-refractivity contribution < 1.29 is 13.3 Å². The van der Waals surface area contributed by atoms with Gasteiger partial charge in [-0.1, -0.05) is 30.9 Å². The summed E-state index contributed by atoms with van der Waals surface area (Å²) in [6.45, 7) is 0. The number of benzene rings is 1. The fourth-order valence-electron chi connectivity index (χ4n) is 2.65. The Morgan fingerprint density at radius 1 is 1.24 bits per heavy atom. The van der Waals surface area contributed by atoms with Gasteiger partial charge in [0, 0.05) is 16.2 Å². The van der Waals surface area contributed by atoms with E-state index in [2.05, 4.69) is 10.1 Å². The standard InChI is InChI=1S/C13H14ClN3O3S/c14-9-6-7-11-12(8-9)17(18)16-13(15-11)21(19,20)10-4-2-1-3-5-10/h6-8,10H,1-5H2. The number of fused-ring (bicyclic) bond motifs is 1. The van der Waals surface area contributed by atoms with Crippen LogP contribution in [-0.2, 0) is 9.84 Å². The summed E-state index contributed by atoms with van der Waals surface area (Å²) in [4.78, 5) is 4.33. The second-order valence-electron chi connectivity index (χ2n) is 5.21. The monoisotopic (exact) mass is 327 g/mol. The van der Waals surface area contributed by atoms with Crippen LogP contribution in [0.1, 0.15) is 32.1 Å². The van der Waals surface area contributed by atoms with Crippen LogP contribution >= 0.6 is 11.6 Å². The van der Waals surface area contributed by atoms with Gasteiger partial charge in [-0.25, -0.2) is 13.4 Å². The SMILES string of the molecule is O=S(=O)(c1nc2ccc(Cl)cc2[n+]([O-])n1)C1CCCCC1. The van der Waals surface area contributed by atoms with E-state index in [0.29, 0.717) is 17.9 Å². The third-order valence-electron chi connectivity index (χ3n) is 3.78. The third kappa shape index (κ3) is 2.67. The summed E-state index contributed by atoms with van der Waals surface area (Å²) >= 11 is 5.82. The first kappa shape index (κ1) is 14.5. The van der Waals surface area contributed by atoms with Crippen LogP contribution in [0, 0.1) is 5.21 Å². The highest BCUT2D eigenvalue weighted by Gasteiger charge is 2.33. The highest BCUT2D eigenvalue weighted by molar-refractivity contribution is 7.91. The molecule has 0 spiro atoms. The van der Waals surface area contributed by atoms with Gasteiger partial charge in [0.1, 0.15) is 5.52 Å². The summed E-state index contributed by atoms with van der Waals surface area (Å²) in [5.41, 5.74) is 0.434. The van der Waals surface area contributed by atoms with Crippen molar-refractivity contribution in [2.45, 2.75) is 42.5 Å². The Morgan fingerprint density at radius 2 is 1.95 bits per heavy atom. The molecule has 0 aliphatic heterocycles. The maximum Gasteiger partial charge on any atom is 0.314 e. The summed E-state index contributed by atoms with van der Waals surface area (Å²) in [7, 11) is -3.66. The highest BCUT2D eigenvalue weighted by atomic mass is 35.5. The Labute approximate surface area is 127 Å². The third-order valence-corrected chi connectivity index (χ3v) is 6.05. The number of sulfone groups is 1. The van der Waals surface area contributed by atoms with Crippen molar-refractivity contribution in [3.8, 4) is 0 Å². The maximum atomic E-state index is 12.5. The maximum absolute atomic E-state index is 12.5. The van der Waals surface area contributed by atoms with Crippen LogP contribution in [0.2, 0.25) is 5.02 Å². The molecule has 2 aromatic rings. The molecule has 1 aromatic heterocycles. The van der Waals surface area contributed by atoms with Crippen molar-refractivity contribution in [1.82, 2.24) is 10.1 Å². The number of nitrogens with zero attached hydrogens (tertiary/aromatic N) is 3. The van der Waals surface area contributed by atoms with Crippen LogP contribution in [0.25, 0.3) is 11.0 Å². The molecule has 0 N–H and O–H groups in total. The average molecular weight is 328 g/mol. The summed E-state index contributed by atoms with van der Waals surface area (Å²) in [5, 5.41) is 15.0. The van der Waals surface area contributed by atoms with Gasteiger partial charge in [0.2, 0.25) is 9.84 Å². The van der Waals surface area contributed by atoms with Crippen LogP contribution in [0.3, 0.4) is 0 Å². The minimum Gasteiger partial charge on any atom is -0.594 e. The molecule has 21 heavy (non-hydrogen) atoms. The molecule has 0 bridgehead atoms. The van der Waals surface area contributed by atoms with Crippen molar-refractivity contribution in [1.29, 1.82) is 0 Å². The van der Waals surface area contributed by atoms with Crippen molar-refractivity contribution in [2.24, 2.45) is 0 Å². The molecule has 112 valence electrons. The Bertz CT molecular complexity index is 789.